The molecule has 10 heteroatoms. The largest absolute Gasteiger partial charge is 0.465 e. The molecule has 1 aromatic rings. The van der Waals surface area contributed by atoms with Crippen molar-refractivity contribution in [3.8, 4) is 0 Å². The number of ketones is 2. The molecule has 128 valence electrons. The lowest BCUT2D eigenvalue weighted by molar-refractivity contribution is -0.141. The van der Waals surface area contributed by atoms with Crippen LogP contribution in [0.15, 0.2) is 11.5 Å². The van der Waals surface area contributed by atoms with Crippen LogP contribution in [0, 0.1) is 23.3 Å². The number of fused-ring (bicyclic) bond motifs is 1. The smallest absolute Gasteiger partial charge is 0.325 e. The molecule has 2 rings (SSSR count). The highest BCUT2D eigenvalue weighted by Gasteiger charge is 2.41. The minimum Gasteiger partial charge on any atom is -0.465 e. The van der Waals surface area contributed by atoms with Crippen LogP contribution >= 0.6 is 0 Å². The van der Waals surface area contributed by atoms with Gasteiger partial charge in [-0.1, -0.05) is 0 Å². The number of halogens is 5. The van der Waals surface area contributed by atoms with Gasteiger partial charge in [-0.05, 0) is 6.92 Å². The number of esters is 1. The van der Waals surface area contributed by atoms with E-state index < -0.39 is 70.0 Å². The molecule has 0 radical (unpaired) electrons. The third kappa shape index (κ3) is 2.63. The normalized spacial score (nSPS) is 13.9. The van der Waals surface area contributed by atoms with Crippen LogP contribution < -0.4 is 5.32 Å². The Morgan fingerprint density at radius 2 is 1.42 bits per heavy atom. The zero-order valence-corrected chi connectivity index (χ0v) is 11.9. The van der Waals surface area contributed by atoms with Crippen LogP contribution in [0.25, 0.3) is 0 Å². The van der Waals surface area contributed by atoms with Gasteiger partial charge in [0.15, 0.2) is 29.1 Å². The highest BCUT2D eigenvalue weighted by molar-refractivity contribution is 6.26. The number of carbonyl (C=O) groups is 3. The molecule has 0 bridgehead atoms. The molecule has 0 aromatic heterocycles. The van der Waals surface area contributed by atoms with Crippen molar-refractivity contribution in [2.24, 2.45) is 0 Å². The molecule has 1 aromatic carbocycles. The van der Waals surface area contributed by atoms with Crippen molar-refractivity contribution in [2.45, 2.75) is 6.92 Å². The minimum absolute atomic E-state index is 0.0257. The molecule has 0 heterocycles. The van der Waals surface area contributed by atoms with E-state index in [0.29, 0.717) is 0 Å². The van der Waals surface area contributed by atoms with E-state index in [1.165, 1.54) is 6.92 Å². The third-order valence-corrected chi connectivity index (χ3v) is 3.08. The van der Waals surface area contributed by atoms with E-state index in [1.807, 2.05) is 5.32 Å². The number of Topliss-reactive ketones (excluding diaryl/α,β-unsaturated/α-hetero) is 2. The average molecular weight is 349 g/mol. The Kier molecular flexibility index (Phi) is 4.67. The number of carbonyl (C=O) groups excluding carboxylic acids is 3. The summed E-state index contributed by atoms with van der Waals surface area (Å²) in [6, 6.07) is 0. The summed E-state index contributed by atoms with van der Waals surface area (Å²) >= 11 is 0. The van der Waals surface area contributed by atoms with Gasteiger partial charge in [0.1, 0.15) is 12.2 Å². The van der Waals surface area contributed by atoms with Crippen LogP contribution in [-0.2, 0) is 9.53 Å². The molecule has 5 nitrogen and oxygen atoms in total. The van der Waals surface area contributed by atoms with Gasteiger partial charge in [0.2, 0.25) is 11.6 Å². The molecule has 0 saturated heterocycles. The predicted molar refractivity (Wildman–Crippen MR) is 67.7 cm³/mol. The number of nitrogens with one attached hydrogen (secondary N) is 1. The second-order valence-electron chi connectivity index (χ2n) is 4.51. The van der Waals surface area contributed by atoms with Gasteiger partial charge in [-0.2, -0.15) is 0 Å². The zero-order chi connectivity index (χ0) is 18.2. The van der Waals surface area contributed by atoms with E-state index in [9.17, 15) is 36.3 Å². The molecule has 0 atom stereocenters. The summed E-state index contributed by atoms with van der Waals surface area (Å²) < 4.78 is 72.2. The molecule has 0 amide bonds. The first-order valence-corrected chi connectivity index (χ1v) is 6.46. The number of hydrogen-bond acceptors (Lipinski definition) is 5. The Labute approximate surface area is 131 Å². The van der Waals surface area contributed by atoms with Crippen LogP contribution in [0.1, 0.15) is 27.6 Å². The maximum atomic E-state index is 13.9. The van der Waals surface area contributed by atoms with Gasteiger partial charge in [-0.25, -0.2) is 22.0 Å². The van der Waals surface area contributed by atoms with Crippen LogP contribution in [0.3, 0.4) is 0 Å². The fraction of sp³-hybridized carbons (Fsp3) is 0.214. The molecule has 24 heavy (non-hydrogen) atoms. The van der Waals surface area contributed by atoms with Gasteiger partial charge in [-0.15, -0.1) is 0 Å². The second kappa shape index (κ2) is 6.38. The maximum Gasteiger partial charge on any atom is 0.325 e. The first-order valence-electron chi connectivity index (χ1n) is 6.46. The molecule has 1 aliphatic rings. The van der Waals surface area contributed by atoms with Crippen molar-refractivity contribution in [1.29, 1.82) is 0 Å². The Balaban J connectivity index is 2.52. The van der Waals surface area contributed by atoms with Crippen molar-refractivity contribution >= 4 is 17.5 Å². The van der Waals surface area contributed by atoms with E-state index in [0.717, 1.165) is 0 Å². The van der Waals surface area contributed by atoms with Gasteiger partial charge in [0.25, 0.3) is 0 Å². The summed E-state index contributed by atoms with van der Waals surface area (Å²) in [7, 11) is 0. The maximum absolute atomic E-state index is 13.9. The average Bonchev–Trinajstić information content (AvgIpc) is 2.54. The number of hydrogen-bond donors (Lipinski definition) is 1. The lowest BCUT2D eigenvalue weighted by Crippen LogP contribution is -2.34. The van der Waals surface area contributed by atoms with Crippen molar-refractivity contribution in [2.75, 3.05) is 13.2 Å². The van der Waals surface area contributed by atoms with Crippen molar-refractivity contribution in [3.63, 3.8) is 0 Å². The molecular weight excluding hydrogens is 341 g/mol. The van der Waals surface area contributed by atoms with E-state index in [1.54, 1.807) is 0 Å². The van der Waals surface area contributed by atoms with Gasteiger partial charge < -0.3 is 10.1 Å². The number of allylic oxidation sites excluding steroid dienone is 2. The Morgan fingerprint density at radius 1 is 0.917 bits per heavy atom. The Bertz CT molecular complexity index is 803. The fourth-order valence-electron chi connectivity index (χ4n) is 2.04. The predicted octanol–water partition coefficient (Wildman–Crippen LogP) is 1.96. The first-order chi connectivity index (χ1) is 11.2. The van der Waals surface area contributed by atoms with E-state index in [4.69, 9.17) is 0 Å². The lowest BCUT2D eigenvalue weighted by Gasteiger charge is -2.19. The molecule has 0 aliphatic heterocycles. The van der Waals surface area contributed by atoms with E-state index in [-0.39, 0.29) is 6.61 Å². The molecule has 1 N–H and O–H groups in total. The van der Waals surface area contributed by atoms with Crippen LogP contribution in [0.4, 0.5) is 22.0 Å². The van der Waals surface area contributed by atoms with Crippen LogP contribution in [0.2, 0.25) is 0 Å². The summed E-state index contributed by atoms with van der Waals surface area (Å²) in [5.74, 6) is -15.3. The standard InChI is InChI=1S/C14H8F5NO4/c1-2-24-4(21)3-20-12-11(19)13(22)5-6(14(12)23)8(16)10(18)9(17)7(5)15/h20H,2-3H2,1H3. The summed E-state index contributed by atoms with van der Waals surface area (Å²) in [5.41, 5.74) is -4.18. The van der Waals surface area contributed by atoms with E-state index >= 15 is 0 Å². The molecule has 0 spiro atoms. The molecule has 1 aliphatic carbocycles. The van der Waals surface area contributed by atoms with Crippen molar-refractivity contribution in [1.82, 2.24) is 5.32 Å². The number of rotatable bonds is 4. The van der Waals surface area contributed by atoms with Gasteiger partial charge in [-0.3, -0.25) is 14.4 Å². The lowest BCUT2D eigenvalue weighted by atomic mass is 9.90. The van der Waals surface area contributed by atoms with Gasteiger partial charge >= 0.3 is 5.97 Å². The molecule has 0 unspecified atom stereocenters. The molecule has 0 fully saturated rings. The SMILES string of the molecule is CCOC(=O)CNC1=C(F)C(=O)c2c(F)c(F)c(F)c(F)c2C1=O. The number of ether oxygens (including phenoxy) is 1. The molecule has 0 saturated carbocycles. The summed E-state index contributed by atoms with van der Waals surface area (Å²) in [6.45, 7) is 0.680. The molecular formula is C14H8F5NO4. The van der Waals surface area contributed by atoms with E-state index in [2.05, 4.69) is 4.74 Å². The highest BCUT2D eigenvalue weighted by atomic mass is 19.2. The highest BCUT2D eigenvalue weighted by Crippen LogP contribution is 2.32. The third-order valence-electron chi connectivity index (χ3n) is 3.08. The quantitative estimate of drug-likeness (QED) is 0.389. The second-order valence-corrected chi connectivity index (χ2v) is 4.51. The Hall–Kier alpha value is -2.78. The van der Waals surface area contributed by atoms with Gasteiger partial charge in [0.05, 0.1) is 17.7 Å². The number of benzene rings is 1. The zero-order valence-electron chi connectivity index (χ0n) is 11.9. The Morgan fingerprint density at radius 3 is 1.92 bits per heavy atom. The van der Waals surface area contributed by atoms with Gasteiger partial charge in [0, 0.05) is 0 Å². The minimum atomic E-state index is -2.34. The van der Waals surface area contributed by atoms with Crippen LogP contribution in [0.5, 0.6) is 0 Å². The van der Waals surface area contributed by atoms with Crippen LogP contribution in [-0.4, -0.2) is 30.7 Å². The topological polar surface area (TPSA) is 72.5 Å². The summed E-state index contributed by atoms with van der Waals surface area (Å²) in [4.78, 5) is 34.9. The monoisotopic (exact) mass is 349 g/mol. The fourth-order valence-corrected chi connectivity index (χ4v) is 2.04. The summed E-state index contributed by atoms with van der Waals surface area (Å²) in [6.07, 6.45) is 0. The summed E-state index contributed by atoms with van der Waals surface area (Å²) in [5, 5.41) is 1.91. The van der Waals surface area contributed by atoms with Crippen molar-refractivity contribution < 1.29 is 41.1 Å². The first kappa shape index (κ1) is 17.6. The van der Waals surface area contributed by atoms with Crippen molar-refractivity contribution in [3.05, 3.63) is 45.9 Å².